The predicted molar refractivity (Wildman–Crippen MR) is 77.1 cm³/mol. The molecule has 2 aromatic rings. The fourth-order valence-corrected chi connectivity index (χ4v) is 2.26. The minimum absolute atomic E-state index is 0.0962. The highest BCUT2D eigenvalue weighted by Gasteiger charge is 2.08. The summed E-state index contributed by atoms with van der Waals surface area (Å²) in [5.41, 5.74) is 7.20. The molecule has 2 N–H and O–H groups in total. The molecule has 0 heterocycles. The second-order valence-electron chi connectivity index (χ2n) is 3.98. The highest BCUT2D eigenvalue weighted by molar-refractivity contribution is 7.98. The van der Waals surface area contributed by atoms with E-state index in [4.69, 9.17) is 10.5 Å². The third-order valence-electron chi connectivity index (χ3n) is 2.72. The molecule has 94 valence electrons. The Balaban J connectivity index is 1.99. The van der Waals surface area contributed by atoms with Gasteiger partial charge in [-0.25, -0.2) is 0 Å². The lowest BCUT2D eigenvalue weighted by Crippen LogP contribution is -2.19. The number of hydrogen-bond acceptors (Lipinski definition) is 3. The standard InChI is InChI=1S/C15H17NOS/c1-18-15-10-6-5-9-14(15)17-11-13(16)12-7-3-2-4-8-12/h2-10,13H,11,16H2,1H3. The van der Waals surface area contributed by atoms with Crippen LogP contribution in [0.25, 0.3) is 0 Å². The molecular weight excluding hydrogens is 242 g/mol. The normalized spacial score (nSPS) is 12.1. The largest absolute Gasteiger partial charge is 0.490 e. The summed E-state index contributed by atoms with van der Waals surface area (Å²) < 4.78 is 5.80. The van der Waals surface area contributed by atoms with Gasteiger partial charge in [-0.15, -0.1) is 11.8 Å². The minimum Gasteiger partial charge on any atom is -0.490 e. The van der Waals surface area contributed by atoms with E-state index >= 15 is 0 Å². The van der Waals surface area contributed by atoms with Crippen LogP contribution >= 0.6 is 11.8 Å². The van der Waals surface area contributed by atoms with Crippen molar-refractivity contribution in [3.05, 3.63) is 60.2 Å². The van der Waals surface area contributed by atoms with Gasteiger partial charge in [-0.1, -0.05) is 42.5 Å². The van der Waals surface area contributed by atoms with E-state index in [9.17, 15) is 0 Å². The Morgan fingerprint density at radius 1 is 1.06 bits per heavy atom. The molecular formula is C15H17NOS. The van der Waals surface area contributed by atoms with Crippen molar-refractivity contribution in [2.45, 2.75) is 10.9 Å². The molecule has 0 saturated heterocycles. The fourth-order valence-electron chi connectivity index (χ4n) is 1.71. The molecule has 2 aromatic carbocycles. The zero-order valence-electron chi connectivity index (χ0n) is 10.4. The Bertz CT molecular complexity index is 487. The molecule has 1 unspecified atom stereocenters. The van der Waals surface area contributed by atoms with Crippen LogP contribution in [0, 0.1) is 0 Å². The molecule has 0 saturated carbocycles. The van der Waals surface area contributed by atoms with Gasteiger partial charge in [0, 0.05) is 4.90 Å². The van der Waals surface area contributed by atoms with Crippen molar-refractivity contribution < 1.29 is 4.74 Å². The van der Waals surface area contributed by atoms with Crippen LogP contribution in [0.2, 0.25) is 0 Å². The van der Waals surface area contributed by atoms with Crippen LogP contribution in [0.3, 0.4) is 0 Å². The third-order valence-corrected chi connectivity index (χ3v) is 3.49. The summed E-state index contributed by atoms with van der Waals surface area (Å²) >= 11 is 1.68. The van der Waals surface area contributed by atoms with Crippen molar-refractivity contribution in [3.63, 3.8) is 0 Å². The van der Waals surface area contributed by atoms with Gasteiger partial charge in [0.1, 0.15) is 12.4 Å². The summed E-state index contributed by atoms with van der Waals surface area (Å²) in [6.45, 7) is 0.488. The first-order valence-corrected chi connectivity index (χ1v) is 7.10. The van der Waals surface area contributed by atoms with Crippen molar-refractivity contribution in [2.75, 3.05) is 12.9 Å². The number of nitrogens with two attached hydrogens (primary N) is 1. The smallest absolute Gasteiger partial charge is 0.132 e. The summed E-state index contributed by atoms with van der Waals surface area (Å²) in [6, 6.07) is 17.9. The van der Waals surface area contributed by atoms with Crippen molar-refractivity contribution in [1.29, 1.82) is 0 Å². The van der Waals surface area contributed by atoms with Crippen LogP contribution in [0.1, 0.15) is 11.6 Å². The van der Waals surface area contributed by atoms with E-state index < -0.39 is 0 Å². The highest BCUT2D eigenvalue weighted by atomic mass is 32.2. The molecule has 0 fully saturated rings. The summed E-state index contributed by atoms with van der Waals surface area (Å²) in [6.07, 6.45) is 2.04. The van der Waals surface area contributed by atoms with Gasteiger partial charge in [-0.3, -0.25) is 0 Å². The van der Waals surface area contributed by atoms with E-state index in [2.05, 4.69) is 0 Å². The van der Waals surface area contributed by atoms with Gasteiger partial charge in [0.05, 0.1) is 6.04 Å². The average Bonchev–Trinajstić information content (AvgIpc) is 2.46. The van der Waals surface area contributed by atoms with Crippen LogP contribution in [-0.2, 0) is 0 Å². The summed E-state index contributed by atoms with van der Waals surface area (Å²) in [5.74, 6) is 0.899. The van der Waals surface area contributed by atoms with Crippen LogP contribution in [0.4, 0.5) is 0 Å². The number of ether oxygens (including phenoxy) is 1. The van der Waals surface area contributed by atoms with E-state index in [-0.39, 0.29) is 6.04 Å². The Labute approximate surface area is 112 Å². The fraction of sp³-hybridized carbons (Fsp3) is 0.200. The molecule has 2 rings (SSSR count). The Kier molecular flexibility index (Phi) is 4.67. The predicted octanol–water partition coefficient (Wildman–Crippen LogP) is 3.49. The van der Waals surface area contributed by atoms with E-state index in [1.807, 2.05) is 60.9 Å². The van der Waals surface area contributed by atoms with Crippen LogP contribution < -0.4 is 10.5 Å². The van der Waals surface area contributed by atoms with Gasteiger partial charge in [0.25, 0.3) is 0 Å². The first-order chi connectivity index (χ1) is 8.81. The first kappa shape index (κ1) is 13.0. The Morgan fingerprint density at radius 3 is 2.44 bits per heavy atom. The van der Waals surface area contributed by atoms with Gasteiger partial charge in [-0.05, 0) is 24.0 Å². The van der Waals surface area contributed by atoms with E-state index in [1.165, 1.54) is 0 Å². The lowest BCUT2D eigenvalue weighted by Gasteiger charge is -2.15. The maximum atomic E-state index is 6.10. The van der Waals surface area contributed by atoms with Gasteiger partial charge in [-0.2, -0.15) is 0 Å². The topological polar surface area (TPSA) is 35.2 Å². The number of benzene rings is 2. The van der Waals surface area contributed by atoms with E-state index in [0.29, 0.717) is 6.61 Å². The zero-order valence-corrected chi connectivity index (χ0v) is 11.2. The molecule has 0 radical (unpaired) electrons. The lowest BCUT2D eigenvalue weighted by molar-refractivity contribution is 0.284. The molecule has 0 aliphatic rings. The van der Waals surface area contributed by atoms with Crippen molar-refractivity contribution in [1.82, 2.24) is 0 Å². The van der Waals surface area contributed by atoms with Crippen molar-refractivity contribution >= 4 is 11.8 Å². The van der Waals surface area contributed by atoms with Gasteiger partial charge < -0.3 is 10.5 Å². The molecule has 0 aliphatic heterocycles. The molecule has 0 aromatic heterocycles. The number of para-hydroxylation sites is 1. The molecule has 0 amide bonds. The lowest BCUT2D eigenvalue weighted by atomic mass is 10.1. The van der Waals surface area contributed by atoms with Crippen molar-refractivity contribution in [2.24, 2.45) is 5.73 Å². The zero-order chi connectivity index (χ0) is 12.8. The van der Waals surface area contributed by atoms with E-state index in [1.54, 1.807) is 11.8 Å². The van der Waals surface area contributed by atoms with Crippen LogP contribution in [-0.4, -0.2) is 12.9 Å². The molecule has 0 bridgehead atoms. The number of hydrogen-bond donors (Lipinski definition) is 1. The maximum Gasteiger partial charge on any atom is 0.132 e. The van der Waals surface area contributed by atoms with E-state index in [0.717, 1.165) is 16.2 Å². The monoisotopic (exact) mass is 259 g/mol. The molecule has 18 heavy (non-hydrogen) atoms. The summed E-state index contributed by atoms with van der Waals surface area (Å²) in [7, 11) is 0. The second kappa shape index (κ2) is 6.47. The second-order valence-corrected chi connectivity index (χ2v) is 4.83. The summed E-state index contributed by atoms with van der Waals surface area (Å²) in [5, 5.41) is 0. The van der Waals surface area contributed by atoms with Gasteiger partial charge >= 0.3 is 0 Å². The molecule has 0 spiro atoms. The van der Waals surface area contributed by atoms with Gasteiger partial charge in [0.2, 0.25) is 0 Å². The quantitative estimate of drug-likeness (QED) is 0.835. The number of rotatable bonds is 5. The van der Waals surface area contributed by atoms with Crippen LogP contribution in [0.15, 0.2) is 59.5 Å². The molecule has 2 nitrogen and oxygen atoms in total. The Morgan fingerprint density at radius 2 is 1.72 bits per heavy atom. The minimum atomic E-state index is -0.0962. The van der Waals surface area contributed by atoms with Crippen molar-refractivity contribution in [3.8, 4) is 5.75 Å². The molecule has 1 atom stereocenters. The SMILES string of the molecule is CSc1ccccc1OCC(N)c1ccccc1. The highest BCUT2D eigenvalue weighted by Crippen LogP contribution is 2.27. The number of thioether (sulfide) groups is 1. The maximum absolute atomic E-state index is 6.10. The first-order valence-electron chi connectivity index (χ1n) is 5.87. The summed E-state index contributed by atoms with van der Waals surface area (Å²) in [4.78, 5) is 1.14. The Hall–Kier alpha value is -1.45. The third kappa shape index (κ3) is 3.28. The molecule has 0 aliphatic carbocycles. The average molecular weight is 259 g/mol. The molecule has 3 heteroatoms. The van der Waals surface area contributed by atoms with Gasteiger partial charge in [0.15, 0.2) is 0 Å². The van der Waals surface area contributed by atoms with Crippen LogP contribution in [0.5, 0.6) is 5.75 Å².